The predicted octanol–water partition coefficient (Wildman–Crippen LogP) is 2.32. The molecule has 0 unspecified atom stereocenters. The molecule has 0 spiro atoms. The number of benzene rings is 2. The molecular weight excluding hydrogens is 276 g/mol. The highest BCUT2D eigenvalue weighted by molar-refractivity contribution is 5.88. The molecule has 0 radical (unpaired) electrons. The molecule has 0 aliphatic heterocycles. The van der Waals surface area contributed by atoms with E-state index in [9.17, 15) is 9.59 Å². The Kier molecular flexibility index (Phi) is 5.31. The fraction of sp³-hybridized carbons (Fsp3) is 0.222. The third-order valence-corrected chi connectivity index (χ3v) is 3.52. The lowest BCUT2D eigenvalue weighted by molar-refractivity contribution is -0.127. The van der Waals surface area contributed by atoms with Crippen molar-refractivity contribution in [3.63, 3.8) is 0 Å². The molecule has 0 aliphatic carbocycles. The maximum Gasteiger partial charge on any atom is 0.240 e. The van der Waals surface area contributed by atoms with E-state index in [-0.39, 0.29) is 12.3 Å². The number of hydrogen-bond donors (Lipinski definition) is 2. The molecule has 4 heteroatoms. The Balaban J connectivity index is 2.02. The zero-order valence-corrected chi connectivity index (χ0v) is 12.4. The van der Waals surface area contributed by atoms with Crippen molar-refractivity contribution in [3.8, 4) is 0 Å². The van der Waals surface area contributed by atoms with Crippen LogP contribution in [-0.4, -0.2) is 17.9 Å². The highest BCUT2D eigenvalue weighted by atomic mass is 16.2. The highest BCUT2D eigenvalue weighted by Gasteiger charge is 2.17. The first-order valence-electron chi connectivity index (χ1n) is 7.27. The smallest absolute Gasteiger partial charge is 0.240 e. The first-order chi connectivity index (χ1) is 10.6. The van der Waals surface area contributed by atoms with Crippen molar-refractivity contribution in [2.24, 2.45) is 5.73 Å². The standard InChI is InChI=1S/C18H20N2O2/c1-2-3-8-16(18(19)22)20-17(21)12-13-9-10-14-6-4-5-7-15(14)11-13/h2,4-7,9-11,16H,1,3,8,12H2,(H2,19,22)(H,20,21)/t16-/m0/s1. The summed E-state index contributed by atoms with van der Waals surface area (Å²) in [4.78, 5) is 23.4. The number of allylic oxidation sites excluding steroid dienone is 1. The van der Waals surface area contributed by atoms with Gasteiger partial charge in [0.2, 0.25) is 11.8 Å². The Morgan fingerprint density at radius 3 is 2.59 bits per heavy atom. The second-order valence-electron chi connectivity index (χ2n) is 5.25. The molecule has 2 rings (SSSR count). The first kappa shape index (κ1) is 15.8. The van der Waals surface area contributed by atoms with E-state index in [1.54, 1.807) is 6.08 Å². The fourth-order valence-electron chi connectivity index (χ4n) is 2.35. The van der Waals surface area contributed by atoms with Crippen LogP contribution in [0.15, 0.2) is 55.1 Å². The average Bonchev–Trinajstić information content (AvgIpc) is 2.51. The van der Waals surface area contributed by atoms with Gasteiger partial charge in [0.1, 0.15) is 6.04 Å². The molecular formula is C18H20N2O2. The molecule has 2 aromatic carbocycles. The van der Waals surface area contributed by atoms with Gasteiger partial charge >= 0.3 is 0 Å². The van der Waals surface area contributed by atoms with E-state index < -0.39 is 11.9 Å². The second-order valence-corrected chi connectivity index (χ2v) is 5.25. The molecule has 2 aromatic rings. The van der Waals surface area contributed by atoms with Crippen LogP contribution >= 0.6 is 0 Å². The minimum atomic E-state index is -0.647. The number of rotatable bonds is 7. The molecule has 1 atom stereocenters. The number of primary amides is 1. The van der Waals surface area contributed by atoms with Gasteiger partial charge in [-0.1, -0.05) is 48.5 Å². The summed E-state index contributed by atoms with van der Waals surface area (Å²) in [6.07, 6.45) is 3.03. The third-order valence-electron chi connectivity index (χ3n) is 3.52. The van der Waals surface area contributed by atoms with E-state index in [0.29, 0.717) is 12.8 Å². The molecule has 0 heterocycles. The van der Waals surface area contributed by atoms with Gasteiger partial charge in [-0.05, 0) is 29.2 Å². The lowest BCUT2D eigenvalue weighted by atomic mass is 10.0. The van der Waals surface area contributed by atoms with E-state index in [0.717, 1.165) is 16.3 Å². The number of nitrogens with two attached hydrogens (primary N) is 1. The minimum absolute atomic E-state index is 0.205. The van der Waals surface area contributed by atoms with Crippen molar-refractivity contribution in [3.05, 3.63) is 60.7 Å². The van der Waals surface area contributed by atoms with Crippen molar-refractivity contribution in [1.29, 1.82) is 0 Å². The van der Waals surface area contributed by atoms with Gasteiger partial charge in [-0.2, -0.15) is 0 Å². The summed E-state index contributed by atoms with van der Waals surface area (Å²) in [6, 6.07) is 13.2. The number of fused-ring (bicyclic) bond motifs is 1. The highest BCUT2D eigenvalue weighted by Crippen LogP contribution is 2.16. The Morgan fingerprint density at radius 2 is 1.91 bits per heavy atom. The van der Waals surface area contributed by atoms with Crippen molar-refractivity contribution in [1.82, 2.24) is 5.32 Å². The Hall–Kier alpha value is -2.62. The van der Waals surface area contributed by atoms with Crippen LogP contribution in [0.1, 0.15) is 18.4 Å². The molecule has 22 heavy (non-hydrogen) atoms. The minimum Gasteiger partial charge on any atom is -0.368 e. The van der Waals surface area contributed by atoms with Crippen molar-refractivity contribution >= 4 is 22.6 Å². The van der Waals surface area contributed by atoms with Gasteiger partial charge in [0, 0.05) is 0 Å². The van der Waals surface area contributed by atoms with Crippen LogP contribution in [0.2, 0.25) is 0 Å². The molecule has 0 saturated heterocycles. The summed E-state index contributed by atoms with van der Waals surface area (Å²) in [5.41, 5.74) is 6.21. The maximum absolute atomic E-state index is 12.1. The third kappa shape index (κ3) is 4.19. The van der Waals surface area contributed by atoms with Gasteiger partial charge in [0.05, 0.1) is 6.42 Å². The van der Waals surface area contributed by atoms with Gasteiger partial charge in [-0.25, -0.2) is 0 Å². The summed E-state index contributed by atoms with van der Waals surface area (Å²) >= 11 is 0. The molecule has 0 aliphatic rings. The van der Waals surface area contributed by atoms with Gasteiger partial charge in [-0.3, -0.25) is 9.59 Å². The Bertz CT molecular complexity index is 694. The SMILES string of the molecule is C=CCC[C@H](NC(=O)Cc1ccc2ccccc2c1)C(N)=O. The number of amides is 2. The molecule has 0 fully saturated rings. The van der Waals surface area contributed by atoms with Gasteiger partial charge < -0.3 is 11.1 Å². The fourth-order valence-corrected chi connectivity index (χ4v) is 2.35. The van der Waals surface area contributed by atoms with Crippen LogP contribution in [0.25, 0.3) is 10.8 Å². The largest absolute Gasteiger partial charge is 0.368 e. The molecule has 0 aromatic heterocycles. The summed E-state index contributed by atoms with van der Waals surface area (Å²) in [7, 11) is 0. The van der Waals surface area contributed by atoms with Crippen molar-refractivity contribution in [2.45, 2.75) is 25.3 Å². The zero-order chi connectivity index (χ0) is 15.9. The predicted molar refractivity (Wildman–Crippen MR) is 88.2 cm³/mol. The number of hydrogen-bond acceptors (Lipinski definition) is 2. The van der Waals surface area contributed by atoms with Crippen LogP contribution < -0.4 is 11.1 Å². The van der Waals surface area contributed by atoms with E-state index in [1.807, 2.05) is 42.5 Å². The summed E-state index contributed by atoms with van der Waals surface area (Å²) < 4.78 is 0. The molecule has 0 saturated carbocycles. The van der Waals surface area contributed by atoms with E-state index in [1.165, 1.54) is 0 Å². The van der Waals surface area contributed by atoms with E-state index in [2.05, 4.69) is 11.9 Å². The first-order valence-corrected chi connectivity index (χ1v) is 7.27. The van der Waals surface area contributed by atoms with Crippen LogP contribution in [0.3, 0.4) is 0 Å². The average molecular weight is 296 g/mol. The van der Waals surface area contributed by atoms with Crippen LogP contribution in [0, 0.1) is 0 Å². The second kappa shape index (κ2) is 7.41. The van der Waals surface area contributed by atoms with E-state index in [4.69, 9.17) is 5.73 Å². The number of nitrogens with one attached hydrogen (secondary N) is 1. The Morgan fingerprint density at radius 1 is 1.18 bits per heavy atom. The lowest BCUT2D eigenvalue weighted by Gasteiger charge is -2.14. The monoisotopic (exact) mass is 296 g/mol. The van der Waals surface area contributed by atoms with Gasteiger partial charge in [-0.15, -0.1) is 6.58 Å². The number of carbonyl (C=O) groups excluding carboxylic acids is 2. The topological polar surface area (TPSA) is 72.2 Å². The maximum atomic E-state index is 12.1. The lowest BCUT2D eigenvalue weighted by Crippen LogP contribution is -2.44. The molecule has 2 amide bonds. The van der Waals surface area contributed by atoms with Crippen LogP contribution in [0.5, 0.6) is 0 Å². The molecule has 0 bridgehead atoms. The van der Waals surface area contributed by atoms with Crippen LogP contribution in [0.4, 0.5) is 0 Å². The van der Waals surface area contributed by atoms with Crippen molar-refractivity contribution < 1.29 is 9.59 Å². The van der Waals surface area contributed by atoms with Gasteiger partial charge in [0.25, 0.3) is 0 Å². The number of carbonyl (C=O) groups is 2. The quantitative estimate of drug-likeness (QED) is 0.770. The summed E-state index contributed by atoms with van der Waals surface area (Å²) in [6.45, 7) is 3.60. The molecule has 3 N–H and O–H groups in total. The Labute approximate surface area is 130 Å². The molecule has 114 valence electrons. The van der Waals surface area contributed by atoms with Crippen molar-refractivity contribution in [2.75, 3.05) is 0 Å². The zero-order valence-electron chi connectivity index (χ0n) is 12.4. The van der Waals surface area contributed by atoms with Gasteiger partial charge in [0.15, 0.2) is 0 Å². The normalized spacial score (nSPS) is 11.8. The summed E-state index contributed by atoms with van der Waals surface area (Å²) in [5, 5.41) is 4.91. The van der Waals surface area contributed by atoms with E-state index >= 15 is 0 Å². The summed E-state index contributed by atoms with van der Waals surface area (Å²) in [5.74, 6) is -0.725. The molecule has 4 nitrogen and oxygen atoms in total. The van der Waals surface area contributed by atoms with Crippen LogP contribution in [-0.2, 0) is 16.0 Å².